The Morgan fingerprint density at radius 2 is 0.765 bits per heavy atom. The van der Waals surface area contributed by atoms with Crippen molar-refractivity contribution in [1.82, 2.24) is 0 Å². The molecule has 0 spiro atoms. The molecule has 51 heavy (non-hydrogen) atoms. The van der Waals surface area contributed by atoms with Crippen LogP contribution in [0, 0.1) is 0 Å². The predicted molar refractivity (Wildman–Crippen MR) is 215 cm³/mol. The van der Waals surface area contributed by atoms with E-state index in [1.807, 2.05) is 0 Å². The van der Waals surface area contributed by atoms with Gasteiger partial charge in [-0.2, -0.15) is 0 Å². The normalized spacial score (nSPS) is 12.5. The van der Waals surface area contributed by atoms with Crippen LogP contribution in [0.1, 0.15) is 201 Å². The summed E-state index contributed by atoms with van der Waals surface area (Å²) in [6, 6.07) is 0. The summed E-state index contributed by atoms with van der Waals surface area (Å²) in [7, 11) is 0. The quantitative estimate of drug-likeness (QED) is 0.0276. The lowest BCUT2D eigenvalue weighted by Crippen LogP contribution is -2.30. The van der Waals surface area contributed by atoms with Crippen molar-refractivity contribution in [3.8, 4) is 0 Å². The van der Waals surface area contributed by atoms with E-state index in [0.29, 0.717) is 19.3 Å². The highest BCUT2D eigenvalue weighted by atomic mass is 16.6. The van der Waals surface area contributed by atoms with Crippen LogP contribution in [0.4, 0.5) is 0 Å². The molecular formula is C45H78O6. The molecule has 0 aliphatic heterocycles. The molecule has 0 aromatic rings. The highest BCUT2D eigenvalue weighted by Gasteiger charge is 2.19. The van der Waals surface area contributed by atoms with Crippen molar-refractivity contribution in [2.45, 2.75) is 207 Å². The Morgan fingerprint density at radius 1 is 0.412 bits per heavy atom. The van der Waals surface area contributed by atoms with Gasteiger partial charge < -0.3 is 14.2 Å². The molecule has 0 unspecified atom stereocenters. The highest BCUT2D eigenvalue weighted by Crippen LogP contribution is 2.13. The highest BCUT2D eigenvalue weighted by molar-refractivity contribution is 5.71. The summed E-state index contributed by atoms with van der Waals surface area (Å²) in [6.07, 6.45) is 45.3. The average Bonchev–Trinajstić information content (AvgIpc) is 3.12. The molecule has 0 saturated carbocycles. The molecule has 294 valence electrons. The van der Waals surface area contributed by atoms with Gasteiger partial charge in [0.2, 0.25) is 0 Å². The van der Waals surface area contributed by atoms with Gasteiger partial charge in [0.05, 0.1) is 0 Å². The number of rotatable bonds is 37. The maximum Gasteiger partial charge on any atom is 0.306 e. The van der Waals surface area contributed by atoms with Gasteiger partial charge in [0, 0.05) is 19.3 Å². The van der Waals surface area contributed by atoms with Crippen molar-refractivity contribution in [3.05, 3.63) is 48.6 Å². The third kappa shape index (κ3) is 38.4. The minimum absolute atomic E-state index is 0.0845. The van der Waals surface area contributed by atoms with Gasteiger partial charge in [-0.15, -0.1) is 0 Å². The molecule has 0 fully saturated rings. The van der Waals surface area contributed by atoms with Crippen molar-refractivity contribution in [1.29, 1.82) is 0 Å². The molecule has 0 bridgehead atoms. The lowest BCUT2D eigenvalue weighted by atomic mass is 10.1. The molecule has 0 aromatic carbocycles. The monoisotopic (exact) mass is 715 g/mol. The maximum atomic E-state index is 12.6. The summed E-state index contributed by atoms with van der Waals surface area (Å²) >= 11 is 0. The second-order valence-electron chi connectivity index (χ2n) is 13.9. The smallest absolute Gasteiger partial charge is 0.306 e. The van der Waals surface area contributed by atoms with Crippen LogP contribution in [0.3, 0.4) is 0 Å². The topological polar surface area (TPSA) is 78.9 Å². The minimum Gasteiger partial charge on any atom is -0.462 e. The first-order valence-electron chi connectivity index (χ1n) is 21.1. The summed E-state index contributed by atoms with van der Waals surface area (Å²) in [6.45, 7) is 6.42. The number of allylic oxidation sites excluding steroid dienone is 8. The van der Waals surface area contributed by atoms with Crippen molar-refractivity contribution >= 4 is 17.9 Å². The van der Waals surface area contributed by atoms with Gasteiger partial charge in [0.15, 0.2) is 6.10 Å². The van der Waals surface area contributed by atoms with Crippen LogP contribution in [-0.4, -0.2) is 37.2 Å². The Labute approximate surface area is 314 Å². The van der Waals surface area contributed by atoms with Crippen molar-refractivity contribution < 1.29 is 28.6 Å². The number of carbonyl (C=O) groups is 3. The Morgan fingerprint density at radius 3 is 1.20 bits per heavy atom. The molecule has 1 atom stereocenters. The first kappa shape index (κ1) is 48.4. The predicted octanol–water partition coefficient (Wildman–Crippen LogP) is 13.2. The van der Waals surface area contributed by atoms with E-state index in [4.69, 9.17) is 14.2 Å². The van der Waals surface area contributed by atoms with Crippen molar-refractivity contribution in [2.75, 3.05) is 13.2 Å². The first-order chi connectivity index (χ1) is 25.0. The summed E-state index contributed by atoms with van der Waals surface area (Å²) in [5.41, 5.74) is 0. The third-order valence-corrected chi connectivity index (χ3v) is 8.85. The Hall–Kier alpha value is -2.63. The van der Waals surface area contributed by atoms with Crippen molar-refractivity contribution in [2.24, 2.45) is 0 Å². The number of hydrogen-bond acceptors (Lipinski definition) is 6. The number of ether oxygens (including phenoxy) is 3. The molecule has 0 aliphatic rings. The molecule has 0 aromatic heterocycles. The zero-order chi connectivity index (χ0) is 37.3. The van der Waals surface area contributed by atoms with Gasteiger partial charge in [-0.1, -0.05) is 172 Å². The van der Waals surface area contributed by atoms with E-state index >= 15 is 0 Å². The average molecular weight is 715 g/mol. The van der Waals surface area contributed by atoms with Crippen LogP contribution >= 0.6 is 0 Å². The van der Waals surface area contributed by atoms with Crippen LogP contribution in [0.2, 0.25) is 0 Å². The SMILES string of the molecule is CC/C=C\C/C=C\C/C=C\C/C=C\CCCCC(=O)OC[C@@H](COC(=O)CCCCCCCCCCC)OC(=O)CCCCCCCCCCC. The zero-order valence-corrected chi connectivity index (χ0v) is 33.4. The number of hydrogen-bond donors (Lipinski definition) is 0. The zero-order valence-electron chi connectivity index (χ0n) is 33.4. The summed E-state index contributed by atoms with van der Waals surface area (Å²) in [5, 5.41) is 0. The largest absolute Gasteiger partial charge is 0.462 e. The van der Waals surface area contributed by atoms with E-state index in [-0.39, 0.29) is 31.1 Å². The minimum atomic E-state index is -0.781. The Balaban J connectivity index is 4.41. The second-order valence-corrected chi connectivity index (χ2v) is 13.9. The Kier molecular flexibility index (Phi) is 38.1. The van der Waals surface area contributed by atoms with Gasteiger partial charge in [-0.3, -0.25) is 14.4 Å². The standard InChI is InChI=1S/C45H78O6/c1-4-7-10-13-16-19-20-21-22-23-24-27-29-32-35-38-44(47)50-41-42(51-45(48)39-36-33-30-26-18-15-12-9-6-3)40-49-43(46)37-34-31-28-25-17-14-11-8-5-2/h7,10,16,19,21-22,24,27,42H,4-6,8-9,11-15,17-18,20,23,25-26,28-41H2,1-3H3/b10-7-,19-16-,22-21-,27-24-/t42-/m1/s1. The molecule has 0 amide bonds. The number of esters is 3. The molecule has 6 nitrogen and oxygen atoms in total. The first-order valence-corrected chi connectivity index (χ1v) is 21.1. The van der Waals surface area contributed by atoms with Gasteiger partial charge in [-0.05, 0) is 57.8 Å². The van der Waals surface area contributed by atoms with Crippen LogP contribution in [0.15, 0.2) is 48.6 Å². The van der Waals surface area contributed by atoms with Gasteiger partial charge in [0.1, 0.15) is 13.2 Å². The van der Waals surface area contributed by atoms with Gasteiger partial charge in [-0.25, -0.2) is 0 Å². The van der Waals surface area contributed by atoms with E-state index < -0.39 is 6.10 Å². The van der Waals surface area contributed by atoms with E-state index in [1.165, 1.54) is 77.0 Å². The lowest BCUT2D eigenvalue weighted by Gasteiger charge is -2.18. The second kappa shape index (κ2) is 40.1. The molecule has 0 N–H and O–H groups in total. The molecule has 6 heteroatoms. The van der Waals surface area contributed by atoms with Crippen LogP contribution in [-0.2, 0) is 28.6 Å². The fourth-order valence-electron chi connectivity index (χ4n) is 5.67. The molecule has 0 radical (unpaired) electrons. The van der Waals surface area contributed by atoms with Crippen LogP contribution in [0.5, 0.6) is 0 Å². The molecule has 0 saturated heterocycles. The summed E-state index contributed by atoms with van der Waals surface area (Å²) < 4.78 is 16.6. The summed E-state index contributed by atoms with van der Waals surface area (Å²) in [4.78, 5) is 37.5. The van der Waals surface area contributed by atoms with E-state index in [9.17, 15) is 14.4 Å². The Bertz CT molecular complexity index is 918. The van der Waals surface area contributed by atoms with E-state index in [0.717, 1.165) is 83.5 Å². The fourth-order valence-corrected chi connectivity index (χ4v) is 5.67. The van der Waals surface area contributed by atoms with Gasteiger partial charge in [0.25, 0.3) is 0 Å². The van der Waals surface area contributed by atoms with E-state index in [2.05, 4.69) is 69.4 Å². The number of unbranched alkanes of at least 4 members (excludes halogenated alkanes) is 18. The number of carbonyl (C=O) groups excluding carboxylic acids is 3. The van der Waals surface area contributed by atoms with Crippen LogP contribution < -0.4 is 0 Å². The fraction of sp³-hybridized carbons (Fsp3) is 0.756. The van der Waals surface area contributed by atoms with Crippen LogP contribution in [0.25, 0.3) is 0 Å². The van der Waals surface area contributed by atoms with E-state index in [1.54, 1.807) is 0 Å². The summed E-state index contributed by atoms with van der Waals surface area (Å²) in [5.74, 6) is -0.937. The third-order valence-electron chi connectivity index (χ3n) is 8.85. The molecular weight excluding hydrogens is 636 g/mol. The molecule has 0 rings (SSSR count). The molecule has 0 heterocycles. The molecule has 0 aliphatic carbocycles. The van der Waals surface area contributed by atoms with Crippen molar-refractivity contribution in [3.63, 3.8) is 0 Å². The maximum absolute atomic E-state index is 12.6. The lowest BCUT2D eigenvalue weighted by molar-refractivity contribution is -0.167. The van der Waals surface area contributed by atoms with Gasteiger partial charge >= 0.3 is 17.9 Å².